The summed E-state index contributed by atoms with van der Waals surface area (Å²) in [5, 5.41) is 8.74. The summed E-state index contributed by atoms with van der Waals surface area (Å²) in [5.74, 6) is -0.700. The van der Waals surface area contributed by atoms with Gasteiger partial charge in [0.05, 0.1) is 17.6 Å². The molecule has 0 radical (unpaired) electrons. The Balaban J connectivity index is 3.01. The van der Waals surface area contributed by atoms with Gasteiger partial charge in [-0.3, -0.25) is 0 Å². The van der Waals surface area contributed by atoms with Crippen LogP contribution in [0.25, 0.3) is 0 Å². The molecule has 2 N–H and O–H groups in total. The van der Waals surface area contributed by atoms with Gasteiger partial charge < -0.3 is 9.84 Å². The first-order valence-electron chi connectivity index (χ1n) is 6.23. The second kappa shape index (κ2) is 7.37. The molecule has 0 aromatic heterocycles. The molecule has 7 heteroatoms. The Morgan fingerprint density at radius 1 is 1.40 bits per heavy atom. The molecule has 6 nitrogen and oxygen atoms in total. The molecule has 0 saturated heterocycles. The Kier molecular flexibility index (Phi) is 6.12. The van der Waals surface area contributed by atoms with Gasteiger partial charge in [-0.1, -0.05) is 12.1 Å². The van der Waals surface area contributed by atoms with E-state index in [0.717, 1.165) is 0 Å². The third-order valence-electron chi connectivity index (χ3n) is 2.73. The van der Waals surface area contributed by atoms with Crippen molar-refractivity contribution in [3.63, 3.8) is 0 Å². The quantitative estimate of drug-likeness (QED) is 0.730. The van der Waals surface area contributed by atoms with Gasteiger partial charge in [0.25, 0.3) is 0 Å². The summed E-state index contributed by atoms with van der Waals surface area (Å²) in [6.45, 7) is 1.71. The molecule has 0 bridgehead atoms. The Bertz CT molecular complexity index is 556. The maximum absolute atomic E-state index is 12.3. The van der Waals surface area contributed by atoms with E-state index in [2.05, 4.69) is 9.46 Å². The molecule has 0 aliphatic heterocycles. The predicted molar refractivity (Wildman–Crippen MR) is 73.9 cm³/mol. The van der Waals surface area contributed by atoms with Crippen molar-refractivity contribution < 1.29 is 23.1 Å². The van der Waals surface area contributed by atoms with Crippen LogP contribution in [0.2, 0.25) is 0 Å². The lowest BCUT2D eigenvalue weighted by Gasteiger charge is -2.15. The van der Waals surface area contributed by atoms with Crippen LogP contribution in [0.4, 0.5) is 0 Å². The first-order chi connectivity index (χ1) is 9.42. The minimum Gasteiger partial charge on any atom is -0.465 e. The van der Waals surface area contributed by atoms with Crippen LogP contribution in [0, 0.1) is 0 Å². The van der Waals surface area contributed by atoms with Gasteiger partial charge in [-0.25, -0.2) is 17.9 Å². The zero-order valence-corrected chi connectivity index (χ0v) is 12.3. The molecule has 0 heterocycles. The molecular formula is C13H19NO5S. The predicted octanol–water partition coefficient (Wildman–Crippen LogP) is 0.912. The van der Waals surface area contributed by atoms with E-state index in [0.29, 0.717) is 12.8 Å². The number of nitrogens with one attached hydrogen (secondary N) is 1. The van der Waals surface area contributed by atoms with Crippen molar-refractivity contribution in [2.45, 2.75) is 30.7 Å². The van der Waals surface area contributed by atoms with Crippen molar-refractivity contribution in [2.75, 3.05) is 13.7 Å². The number of ether oxygens (including phenoxy) is 1. The number of esters is 1. The Labute approximate surface area is 118 Å². The van der Waals surface area contributed by atoms with Crippen molar-refractivity contribution in [1.29, 1.82) is 0 Å². The first-order valence-corrected chi connectivity index (χ1v) is 7.71. The fourth-order valence-electron chi connectivity index (χ4n) is 1.76. The Morgan fingerprint density at radius 3 is 2.65 bits per heavy atom. The van der Waals surface area contributed by atoms with E-state index in [1.807, 2.05) is 0 Å². The van der Waals surface area contributed by atoms with E-state index in [1.54, 1.807) is 19.1 Å². The smallest absolute Gasteiger partial charge is 0.339 e. The zero-order valence-electron chi connectivity index (χ0n) is 11.5. The van der Waals surface area contributed by atoms with E-state index < -0.39 is 16.0 Å². The number of aliphatic hydroxyl groups excluding tert-OH is 1. The largest absolute Gasteiger partial charge is 0.465 e. The van der Waals surface area contributed by atoms with Crippen molar-refractivity contribution in [1.82, 2.24) is 4.72 Å². The maximum Gasteiger partial charge on any atom is 0.339 e. The van der Waals surface area contributed by atoms with Crippen LogP contribution >= 0.6 is 0 Å². The molecule has 1 rings (SSSR count). The average Bonchev–Trinajstić information content (AvgIpc) is 2.43. The van der Waals surface area contributed by atoms with E-state index in [9.17, 15) is 13.2 Å². The van der Waals surface area contributed by atoms with Gasteiger partial charge in [-0.05, 0) is 31.9 Å². The summed E-state index contributed by atoms with van der Waals surface area (Å²) in [5.41, 5.74) is -0.00291. The van der Waals surface area contributed by atoms with Crippen LogP contribution < -0.4 is 4.72 Å². The lowest BCUT2D eigenvalue weighted by molar-refractivity contribution is 0.0596. The van der Waals surface area contributed by atoms with Crippen molar-refractivity contribution in [3.05, 3.63) is 29.8 Å². The van der Waals surface area contributed by atoms with Crippen LogP contribution in [0.15, 0.2) is 29.2 Å². The highest BCUT2D eigenvalue weighted by Crippen LogP contribution is 2.17. The maximum atomic E-state index is 12.3. The number of hydrogen-bond donors (Lipinski definition) is 2. The molecule has 0 spiro atoms. The highest BCUT2D eigenvalue weighted by Gasteiger charge is 2.23. The molecule has 0 fully saturated rings. The second-order valence-electron chi connectivity index (χ2n) is 4.38. The molecule has 20 heavy (non-hydrogen) atoms. The monoisotopic (exact) mass is 301 g/mol. The van der Waals surface area contributed by atoms with Crippen molar-refractivity contribution in [3.8, 4) is 0 Å². The lowest BCUT2D eigenvalue weighted by Crippen LogP contribution is -2.33. The number of carbonyl (C=O) groups excluding carboxylic acids is 1. The summed E-state index contributed by atoms with van der Waals surface area (Å²) >= 11 is 0. The number of hydrogen-bond acceptors (Lipinski definition) is 5. The number of sulfonamides is 1. The van der Waals surface area contributed by atoms with Gasteiger partial charge in [0.1, 0.15) is 0 Å². The molecular weight excluding hydrogens is 282 g/mol. The topological polar surface area (TPSA) is 92.7 Å². The van der Waals surface area contributed by atoms with Crippen LogP contribution in [0.5, 0.6) is 0 Å². The molecule has 1 aromatic carbocycles. The van der Waals surface area contributed by atoms with Crippen LogP contribution in [0.3, 0.4) is 0 Å². The molecule has 0 saturated carbocycles. The molecule has 1 atom stereocenters. The summed E-state index contributed by atoms with van der Waals surface area (Å²) in [4.78, 5) is 11.5. The average molecular weight is 301 g/mol. The number of methoxy groups -OCH3 is 1. The third kappa shape index (κ3) is 4.29. The fraction of sp³-hybridized carbons (Fsp3) is 0.462. The highest BCUT2D eigenvalue weighted by molar-refractivity contribution is 7.89. The molecule has 0 aliphatic rings. The Hall–Kier alpha value is -1.44. The van der Waals surface area contributed by atoms with Crippen LogP contribution in [-0.2, 0) is 14.8 Å². The van der Waals surface area contributed by atoms with Crippen molar-refractivity contribution in [2.24, 2.45) is 0 Å². The first kappa shape index (κ1) is 16.6. The molecule has 1 unspecified atom stereocenters. The van der Waals surface area contributed by atoms with Crippen LogP contribution in [0.1, 0.15) is 30.1 Å². The van der Waals surface area contributed by atoms with Crippen LogP contribution in [-0.4, -0.2) is 39.3 Å². The van der Waals surface area contributed by atoms with E-state index in [4.69, 9.17) is 5.11 Å². The molecule has 1 aromatic rings. The standard InChI is InChI=1S/C13H19NO5S/c1-10(6-5-9-15)14-20(17,18)12-8-4-3-7-11(12)13(16)19-2/h3-4,7-8,10,14-15H,5-6,9H2,1-2H3. The summed E-state index contributed by atoms with van der Waals surface area (Å²) < 4.78 is 31.6. The minimum atomic E-state index is -3.81. The zero-order chi connectivity index (χ0) is 15.2. The summed E-state index contributed by atoms with van der Waals surface area (Å²) in [6, 6.07) is 5.53. The number of carbonyl (C=O) groups is 1. The van der Waals surface area contributed by atoms with Gasteiger partial charge in [0.15, 0.2) is 0 Å². The van der Waals surface area contributed by atoms with Gasteiger partial charge in [0, 0.05) is 12.6 Å². The van der Waals surface area contributed by atoms with E-state index in [-0.39, 0.29) is 23.1 Å². The second-order valence-corrected chi connectivity index (χ2v) is 6.06. The fourth-order valence-corrected chi connectivity index (χ4v) is 3.24. The third-order valence-corrected chi connectivity index (χ3v) is 4.38. The number of rotatable bonds is 7. The summed E-state index contributed by atoms with van der Waals surface area (Å²) in [6.07, 6.45) is 1.01. The lowest BCUT2D eigenvalue weighted by atomic mass is 10.2. The Morgan fingerprint density at radius 2 is 2.05 bits per heavy atom. The normalized spacial score (nSPS) is 12.9. The van der Waals surface area contributed by atoms with E-state index >= 15 is 0 Å². The minimum absolute atomic E-state index is 0.00291. The molecule has 0 aliphatic carbocycles. The van der Waals surface area contributed by atoms with Gasteiger partial charge in [-0.15, -0.1) is 0 Å². The van der Waals surface area contributed by atoms with E-state index in [1.165, 1.54) is 19.2 Å². The van der Waals surface area contributed by atoms with Gasteiger partial charge >= 0.3 is 5.97 Å². The number of aliphatic hydroxyl groups is 1. The number of benzene rings is 1. The van der Waals surface area contributed by atoms with Crippen molar-refractivity contribution >= 4 is 16.0 Å². The van der Waals surface area contributed by atoms with Gasteiger partial charge in [-0.2, -0.15) is 0 Å². The highest BCUT2D eigenvalue weighted by atomic mass is 32.2. The molecule has 0 amide bonds. The van der Waals surface area contributed by atoms with Gasteiger partial charge in [0.2, 0.25) is 10.0 Å². The SMILES string of the molecule is COC(=O)c1ccccc1S(=O)(=O)NC(C)CCCO. The molecule has 112 valence electrons. The summed E-state index contributed by atoms with van der Waals surface area (Å²) in [7, 11) is -2.61.